The van der Waals surface area contributed by atoms with E-state index in [-0.39, 0.29) is 0 Å². The first-order chi connectivity index (χ1) is 9.20. The van der Waals surface area contributed by atoms with Gasteiger partial charge in [-0.05, 0) is 49.4 Å². The van der Waals surface area contributed by atoms with Gasteiger partial charge in [-0.3, -0.25) is 0 Å². The quantitative estimate of drug-likeness (QED) is 0.503. The smallest absolute Gasteiger partial charge is 0.0334 e. The highest BCUT2D eigenvalue weighted by molar-refractivity contribution is 4.84. The summed E-state index contributed by atoms with van der Waals surface area (Å²) in [5.41, 5.74) is 0. The zero-order valence-corrected chi connectivity index (χ0v) is 13.8. The van der Waals surface area contributed by atoms with E-state index in [1.54, 1.807) is 0 Å². The standard InChI is InChI=1S/C19H36/c1-5-18(6-2)19-16(3)14-12-10-8-7-9-11-13-15-17(19)4/h7-8,16-19H,5-6,9-15H2,1-4H3. The molecule has 0 heteroatoms. The molecule has 1 aliphatic rings. The molecule has 1 rings (SSSR count). The summed E-state index contributed by atoms with van der Waals surface area (Å²) in [6.07, 6.45) is 17.3. The summed E-state index contributed by atoms with van der Waals surface area (Å²) in [5.74, 6) is 3.73. The van der Waals surface area contributed by atoms with Gasteiger partial charge in [0.2, 0.25) is 0 Å². The molecule has 0 nitrogen and oxygen atoms in total. The molecular formula is C19H36. The first kappa shape index (κ1) is 16.8. The van der Waals surface area contributed by atoms with Crippen molar-refractivity contribution in [2.24, 2.45) is 23.7 Å². The van der Waals surface area contributed by atoms with E-state index < -0.39 is 0 Å². The zero-order chi connectivity index (χ0) is 14.1. The molecule has 0 heterocycles. The maximum atomic E-state index is 2.53. The van der Waals surface area contributed by atoms with Crippen LogP contribution in [-0.2, 0) is 0 Å². The van der Waals surface area contributed by atoms with E-state index in [1.807, 2.05) is 0 Å². The Bertz CT molecular complexity index is 236. The maximum Gasteiger partial charge on any atom is -0.0334 e. The highest BCUT2D eigenvalue weighted by atomic mass is 14.3. The highest BCUT2D eigenvalue weighted by Crippen LogP contribution is 2.38. The summed E-state index contributed by atoms with van der Waals surface area (Å²) in [7, 11) is 0. The minimum Gasteiger partial charge on any atom is -0.0885 e. The molecule has 3 unspecified atom stereocenters. The number of hydrogen-bond donors (Lipinski definition) is 0. The van der Waals surface area contributed by atoms with Crippen molar-refractivity contribution in [2.45, 2.75) is 85.5 Å². The molecule has 0 saturated heterocycles. The van der Waals surface area contributed by atoms with Crippen molar-refractivity contribution in [3.8, 4) is 0 Å². The van der Waals surface area contributed by atoms with E-state index >= 15 is 0 Å². The average molecular weight is 264 g/mol. The minimum absolute atomic E-state index is 0.910. The SMILES string of the molecule is CCC(CC)C1C(C)CCCC=CCCCCC1C. The fourth-order valence-corrected chi connectivity index (χ4v) is 4.23. The predicted octanol–water partition coefficient (Wildman–Crippen LogP) is 6.61. The number of allylic oxidation sites excluding steroid dienone is 2. The molecule has 0 amide bonds. The Labute approximate surface area is 122 Å². The van der Waals surface area contributed by atoms with Gasteiger partial charge in [-0.2, -0.15) is 0 Å². The molecular weight excluding hydrogens is 228 g/mol. The first-order valence-electron chi connectivity index (χ1n) is 8.85. The Morgan fingerprint density at radius 1 is 0.842 bits per heavy atom. The molecule has 112 valence electrons. The van der Waals surface area contributed by atoms with Crippen molar-refractivity contribution in [3.05, 3.63) is 12.2 Å². The Kier molecular flexibility index (Phi) is 8.50. The van der Waals surface area contributed by atoms with Gasteiger partial charge in [0, 0.05) is 0 Å². The Balaban J connectivity index is 2.71. The monoisotopic (exact) mass is 264 g/mol. The van der Waals surface area contributed by atoms with E-state index in [2.05, 4.69) is 39.8 Å². The zero-order valence-electron chi connectivity index (χ0n) is 13.8. The van der Waals surface area contributed by atoms with Crippen LogP contribution >= 0.6 is 0 Å². The molecule has 0 aromatic carbocycles. The van der Waals surface area contributed by atoms with Crippen molar-refractivity contribution in [1.29, 1.82) is 0 Å². The fraction of sp³-hybridized carbons (Fsp3) is 0.895. The van der Waals surface area contributed by atoms with E-state index in [0.717, 1.165) is 23.7 Å². The van der Waals surface area contributed by atoms with Gasteiger partial charge in [0.05, 0.1) is 0 Å². The lowest BCUT2D eigenvalue weighted by Gasteiger charge is -2.36. The normalized spacial score (nSPS) is 30.9. The second-order valence-electron chi connectivity index (χ2n) is 6.80. The summed E-state index contributed by atoms with van der Waals surface area (Å²) in [4.78, 5) is 0. The molecule has 0 fully saturated rings. The third-order valence-corrected chi connectivity index (χ3v) is 5.38. The molecule has 3 atom stereocenters. The van der Waals surface area contributed by atoms with Crippen LogP contribution in [0.2, 0.25) is 0 Å². The number of rotatable bonds is 3. The molecule has 0 aliphatic heterocycles. The van der Waals surface area contributed by atoms with E-state index in [0.29, 0.717) is 0 Å². The van der Waals surface area contributed by atoms with Gasteiger partial charge in [0.15, 0.2) is 0 Å². The molecule has 0 aromatic rings. The lowest BCUT2D eigenvalue weighted by Crippen LogP contribution is -2.28. The third kappa shape index (κ3) is 5.71. The van der Waals surface area contributed by atoms with Crippen LogP contribution in [0, 0.1) is 23.7 Å². The van der Waals surface area contributed by atoms with Gasteiger partial charge in [0.25, 0.3) is 0 Å². The molecule has 0 saturated carbocycles. The van der Waals surface area contributed by atoms with Crippen LogP contribution in [-0.4, -0.2) is 0 Å². The maximum absolute atomic E-state index is 2.53. The van der Waals surface area contributed by atoms with Crippen molar-refractivity contribution < 1.29 is 0 Å². The van der Waals surface area contributed by atoms with Crippen LogP contribution in [0.4, 0.5) is 0 Å². The van der Waals surface area contributed by atoms with E-state index in [4.69, 9.17) is 0 Å². The van der Waals surface area contributed by atoms with Crippen molar-refractivity contribution in [3.63, 3.8) is 0 Å². The van der Waals surface area contributed by atoms with E-state index in [1.165, 1.54) is 57.8 Å². The summed E-state index contributed by atoms with van der Waals surface area (Å²) < 4.78 is 0. The second kappa shape index (κ2) is 9.61. The van der Waals surface area contributed by atoms with Crippen LogP contribution in [0.5, 0.6) is 0 Å². The Hall–Kier alpha value is -0.260. The largest absolute Gasteiger partial charge is 0.0885 e. The Morgan fingerprint density at radius 2 is 1.37 bits per heavy atom. The molecule has 19 heavy (non-hydrogen) atoms. The minimum atomic E-state index is 0.910. The molecule has 0 bridgehead atoms. The lowest BCUT2D eigenvalue weighted by molar-refractivity contribution is 0.138. The van der Waals surface area contributed by atoms with Crippen molar-refractivity contribution in [2.75, 3.05) is 0 Å². The molecule has 0 aromatic heterocycles. The number of hydrogen-bond acceptors (Lipinski definition) is 0. The van der Waals surface area contributed by atoms with Crippen molar-refractivity contribution in [1.82, 2.24) is 0 Å². The van der Waals surface area contributed by atoms with Gasteiger partial charge in [0.1, 0.15) is 0 Å². The molecule has 1 aliphatic carbocycles. The molecule has 0 N–H and O–H groups in total. The van der Waals surface area contributed by atoms with Gasteiger partial charge >= 0.3 is 0 Å². The topological polar surface area (TPSA) is 0 Å². The highest BCUT2D eigenvalue weighted by Gasteiger charge is 2.28. The van der Waals surface area contributed by atoms with Gasteiger partial charge in [-0.1, -0.05) is 72.0 Å². The van der Waals surface area contributed by atoms with Crippen LogP contribution in [0.3, 0.4) is 0 Å². The van der Waals surface area contributed by atoms with Gasteiger partial charge in [-0.15, -0.1) is 0 Å². The van der Waals surface area contributed by atoms with Gasteiger partial charge in [-0.25, -0.2) is 0 Å². The third-order valence-electron chi connectivity index (χ3n) is 5.38. The summed E-state index contributed by atoms with van der Waals surface area (Å²) in [5, 5.41) is 0. The van der Waals surface area contributed by atoms with Crippen LogP contribution in [0.25, 0.3) is 0 Å². The van der Waals surface area contributed by atoms with Crippen LogP contribution < -0.4 is 0 Å². The lowest BCUT2D eigenvalue weighted by atomic mass is 9.69. The van der Waals surface area contributed by atoms with E-state index in [9.17, 15) is 0 Å². The van der Waals surface area contributed by atoms with Crippen LogP contribution in [0.1, 0.15) is 85.5 Å². The first-order valence-corrected chi connectivity index (χ1v) is 8.85. The fourth-order valence-electron chi connectivity index (χ4n) is 4.23. The predicted molar refractivity (Wildman–Crippen MR) is 87.3 cm³/mol. The summed E-state index contributed by atoms with van der Waals surface area (Å²) >= 11 is 0. The summed E-state index contributed by atoms with van der Waals surface area (Å²) in [6, 6.07) is 0. The van der Waals surface area contributed by atoms with Gasteiger partial charge < -0.3 is 0 Å². The summed E-state index contributed by atoms with van der Waals surface area (Å²) in [6.45, 7) is 9.84. The van der Waals surface area contributed by atoms with Crippen molar-refractivity contribution >= 4 is 0 Å². The Morgan fingerprint density at radius 3 is 1.95 bits per heavy atom. The van der Waals surface area contributed by atoms with Crippen LogP contribution in [0.15, 0.2) is 12.2 Å². The second-order valence-corrected chi connectivity index (χ2v) is 6.80. The molecule has 0 radical (unpaired) electrons. The molecule has 0 spiro atoms. The average Bonchev–Trinajstić information content (AvgIpc) is 2.40.